The molecule has 0 bridgehead atoms. The Morgan fingerprint density at radius 3 is 2.37 bits per heavy atom. The number of anilines is 1. The van der Waals surface area contributed by atoms with E-state index in [1.54, 1.807) is 0 Å². The maximum absolute atomic E-state index is 12.0. The van der Waals surface area contributed by atoms with E-state index in [9.17, 15) is 16.8 Å². The van der Waals surface area contributed by atoms with E-state index in [1.165, 1.54) is 12.4 Å². The first kappa shape index (κ1) is 14.5. The first-order valence-electron chi connectivity index (χ1n) is 5.48. The molecule has 1 N–H and O–H groups in total. The summed E-state index contributed by atoms with van der Waals surface area (Å²) in [5.74, 6) is -0.145. The van der Waals surface area contributed by atoms with Crippen LogP contribution in [0.15, 0.2) is 12.4 Å². The molecule has 1 saturated heterocycles. The number of hydrogen-bond donors (Lipinski definition) is 1. The number of nitrogens with zero attached hydrogens (tertiary/aromatic N) is 2. The maximum Gasteiger partial charge on any atom is 0.236 e. The normalized spacial score (nSPS) is 20.1. The number of rotatable bonds is 3. The minimum absolute atomic E-state index is 0.0674. The highest BCUT2D eigenvalue weighted by Gasteiger charge is 2.33. The zero-order chi connectivity index (χ0) is 14.1. The summed E-state index contributed by atoms with van der Waals surface area (Å²) < 4.78 is 48.9. The fraction of sp³-hybridized carbons (Fsp3) is 0.556. The molecule has 0 unspecified atom stereocenters. The largest absolute Gasteiger partial charge is 0.266 e. The quantitative estimate of drug-likeness (QED) is 0.864. The lowest BCUT2D eigenvalue weighted by Gasteiger charge is -2.22. The van der Waals surface area contributed by atoms with Crippen molar-refractivity contribution in [3.05, 3.63) is 17.5 Å². The summed E-state index contributed by atoms with van der Waals surface area (Å²) in [5.41, 5.74) is 0. The fourth-order valence-electron chi connectivity index (χ4n) is 1.77. The molecule has 0 saturated carbocycles. The Morgan fingerprint density at radius 2 is 1.84 bits per heavy atom. The maximum atomic E-state index is 12.0. The van der Waals surface area contributed by atoms with Gasteiger partial charge < -0.3 is 0 Å². The van der Waals surface area contributed by atoms with E-state index in [4.69, 9.17) is 11.6 Å². The van der Waals surface area contributed by atoms with Gasteiger partial charge in [-0.05, 0) is 12.8 Å². The van der Waals surface area contributed by atoms with Gasteiger partial charge in [-0.3, -0.25) is 4.72 Å². The predicted octanol–water partition coefficient (Wildman–Crippen LogP) is 0.449. The molecule has 19 heavy (non-hydrogen) atoms. The third-order valence-corrected chi connectivity index (χ3v) is 6.56. The van der Waals surface area contributed by atoms with Gasteiger partial charge in [-0.25, -0.2) is 26.8 Å². The molecule has 106 valence electrons. The van der Waals surface area contributed by atoms with Gasteiger partial charge in [0.15, 0.2) is 5.82 Å². The molecule has 0 aromatic carbocycles. The van der Waals surface area contributed by atoms with Gasteiger partial charge in [0.2, 0.25) is 10.0 Å². The van der Waals surface area contributed by atoms with E-state index < -0.39 is 25.1 Å². The van der Waals surface area contributed by atoms with Gasteiger partial charge in [-0.15, -0.1) is 0 Å². The molecule has 0 amide bonds. The second kappa shape index (κ2) is 5.22. The monoisotopic (exact) mass is 325 g/mol. The van der Waals surface area contributed by atoms with Crippen LogP contribution in [0.25, 0.3) is 0 Å². The van der Waals surface area contributed by atoms with Gasteiger partial charge in [-0.2, -0.15) is 0 Å². The lowest BCUT2D eigenvalue weighted by molar-refractivity contribution is 0.555. The molecule has 1 aromatic heterocycles. The van der Waals surface area contributed by atoms with Crippen LogP contribution in [0.2, 0.25) is 5.15 Å². The topological polar surface area (TPSA) is 106 Å². The van der Waals surface area contributed by atoms with Gasteiger partial charge in [-0.1, -0.05) is 11.6 Å². The summed E-state index contributed by atoms with van der Waals surface area (Å²) in [6.07, 6.45) is 2.63. The molecule has 10 heteroatoms. The van der Waals surface area contributed by atoms with Crippen LogP contribution in [-0.4, -0.2) is 43.6 Å². The van der Waals surface area contributed by atoms with E-state index in [-0.39, 0.29) is 35.3 Å². The van der Waals surface area contributed by atoms with E-state index in [0.717, 1.165) is 0 Å². The van der Waals surface area contributed by atoms with Gasteiger partial charge in [0, 0.05) is 0 Å². The lowest BCUT2D eigenvalue weighted by Crippen LogP contribution is -2.36. The number of halogens is 1. The summed E-state index contributed by atoms with van der Waals surface area (Å²) in [6.45, 7) is 0. The molecule has 2 rings (SSSR count). The predicted molar refractivity (Wildman–Crippen MR) is 71.3 cm³/mol. The van der Waals surface area contributed by atoms with Crippen molar-refractivity contribution in [1.82, 2.24) is 9.97 Å². The highest BCUT2D eigenvalue weighted by molar-refractivity contribution is 7.94. The van der Waals surface area contributed by atoms with E-state index in [1.807, 2.05) is 0 Å². The average molecular weight is 326 g/mol. The van der Waals surface area contributed by atoms with Crippen molar-refractivity contribution < 1.29 is 16.8 Å². The molecule has 1 aliphatic rings. The van der Waals surface area contributed by atoms with Crippen molar-refractivity contribution >= 4 is 37.3 Å². The zero-order valence-corrected chi connectivity index (χ0v) is 12.2. The number of sulfonamides is 1. The van der Waals surface area contributed by atoms with E-state index in [2.05, 4.69) is 14.7 Å². The second-order valence-electron chi connectivity index (χ2n) is 4.22. The Hall–Kier alpha value is -0.930. The average Bonchev–Trinajstić information content (AvgIpc) is 2.31. The summed E-state index contributed by atoms with van der Waals surface area (Å²) >= 11 is 5.55. The smallest absolute Gasteiger partial charge is 0.236 e. The third kappa shape index (κ3) is 3.77. The van der Waals surface area contributed by atoms with Crippen LogP contribution in [0.3, 0.4) is 0 Å². The highest BCUT2D eigenvalue weighted by Crippen LogP contribution is 2.21. The minimum Gasteiger partial charge on any atom is -0.266 e. The number of nitrogens with one attached hydrogen (secondary N) is 1. The van der Waals surface area contributed by atoms with Crippen molar-refractivity contribution in [3.63, 3.8) is 0 Å². The van der Waals surface area contributed by atoms with Crippen molar-refractivity contribution in [3.8, 4) is 0 Å². The van der Waals surface area contributed by atoms with Crippen molar-refractivity contribution in [1.29, 1.82) is 0 Å². The van der Waals surface area contributed by atoms with Crippen molar-refractivity contribution in [2.24, 2.45) is 0 Å². The molecule has 1 aromatic rings. The third-order valence-electron chi connectivity index (χ3n) is 2.81. The first-order valence-corrected chi connectivity index (χ1v) is 9.23. The number of hydrogen-bond acceptors (Lipinski definition) is 6. The van der Waals surface area contributed by atoms with Crippen molar-refractivity contribution in [2.75, 3.05) is 16.2 Å². The zero-order valence-electron chi connectivity index (χ0n) is 9.78. The van der Waals surface area contributed by atoms with Crippen LogP contribution in [0.1, 0.15) is 12.8 Å². The molecule has 0 radical (unpaired) electrons. The molecule has 0 atom stereocenters. The second-order valence-corrected chi connectivity index (χ2v) is 8.87. The van der Waals surface area contributed by atoms with Gasteiger partial charge in [0.1, 0.15) is 15.0 Å². The summed E-state index contributed by atoms with van der Waals surface area (Å²) in [6, 6.07) is 0. The number of sulfone groups is 1. The number of aromatic nitrogens is 2. The van der Waals surface area contributed by atoms with Crippen LogP contribution >= 0.6 is 11.6 Å². The van der Waals surface area contributed by atoms with Crippen LogP contribution in [0.4, 0.5) is 5.82 Å². The SMILES string of the molecule is O=S1(=O)CCC(S(=O)(=O)Nc2cnc(Cl)cn2)CC1. The fourth-order valence-corrected chi connectivity index (χ4v) is 5.08. The summed E-state index contributed by atoms with van der Waals surface area (Å²) in [7, 11) is -6.75. The molecule has 1 aliphatic heterocycles. The molecular formula is C9H12ClN3O4S2. The Kier molecular flexibility index (Phi) is 3.98. The van der Waals surface area contributed by atoms with Crippen LogP contribution < -0.4 is 4.72 Å². The Labute approximate surface area is 116 Å². The van der Waals surface area contributed by atoms with Gasteiger partial charge in [0.05, 0.1) is 29.1 Å². The Balaban J connectivity index is 2.09. The van der Waals surface area contributed by atoms with Crippen LogP contribution in [0, 0.1) is 0 Å². The first-order chi connectivity index (χ1) is 8.78. The van der Waals surface area contributed by atoms with E-state index >= 15 is 0 Å². The lowest BCUT2D eigenvalue weighted by atomic mass is 10.2. The molecule has 0 aliphatic carbocycles. The molecule has 7 nitrogen and oxygen atoms in total. The molecule has 2 heterocycles. The molecule has 0 spiro atoms. The van der Waals surface area contributed by atoms with Crippen LogP contribution in [-0.2, 0) is 19.9 Å². The summed E-state index contributed by atoms with van der Waals surface area (Å²) in [5, 5.41) is -0.569. The Bertz CT molecular complexity index is 643. The van der Waals surface area contributed by atoms with Crippen molar-refractivity contribution in [2.45, 2.75) is 18.1 Å². The molecular weight excluding hydrogens is 314 g/mol. The minimum atomic E-state index is -3.66. The van der Waals surface area contributed by atoms with Gasteiger partial charge in [0.25, 0.3) is 0 Å². The highest BCUT2D eigenvalue weighted by atomic mass is 35.5. The summed E-state index contributed by atoms with van der Waals surface area (Å²) in [4.78, 5) is 7.50. The Morgan fingerprint density at radius 1 is 1.21 bits per heavy atom. The van der Waals surface area contributed by atoms with Crippen LogP contribution in [0.5, 0.6) is 0 Å². The van der Waals surface area contributed by atoms with E-state index in [0.29, 0.717) is 0 Å². The van der Waals surface area contributed by atoms with Gasteiger partial charge >= 0.3 is 0 Å². The molecule has 1 fully saturated rings. The standard InChI is InChI=1S/C9H12ClN3O4S2/c10-8-5-12-9(6-11-8)13-19(16,17)7-1-3-18(14,15)4-2-7/h5-7H,1-4H2,(H,12,13).